The van der Waals surface area contributed by atoms with E-state index in [4.69, 9.17) is 16.7 Å². The van der Waals surface area contributed by atoms with Crippen molar-refractivity contribution in [3.63, 3.8) is 0 Å². The molecule has 3 aliphatic heterocycles. The highest BCUT2D eigenvalue weighted by atomic mass is 35.5. The number of rotatable bonds is 6. The summed E-state index contributed by atoms with van der Waals surface area (Å²) < 4.78 is 0.845. The predicted molar refractivity (Wildman–Crippen MR) is 95.9 cm³/mol. The predicted octanol–water partition coefficient (Wildman–Crippen LogP) is 2.71. The largest absolute Gasteiger partial charge is 0.870 e. The van der Waals surface area contributed by atoms with Crippen LogP contribution in [0.2, 0.25) is 5.02 Å². The highest BCUT2D eigenvalue weighted by Gasteiger charge is 2.43. The van der Waals surface area contributed by atoms with E-state index >= 15 is 0 Å². The maximum Gasteiger partial charge on any atom is 0.306 e. The monoisotopic (exact) mass is 367 g/mol. The van der Waals surface area contributed by atoms with Gasteiger partial charge in [0, 0.05) is 17.9 Å². The number of benzene rings is 1. The van der Waals surface area contributed by atoms with Crippen LogP contribution in [-0.4, -0.2) is 58.4 Å². The van der Waals surface area contributed by atoms with Crippen molar-refractivity contribution in [2.24, 2.45) is 5.92 Å². The Hall–Kier alpha value is -1.40. The number of carboxylic acid groups (broad SMARTS) is 1. The van der Waals surface area contributed by atoms with Crippen molar-refractivity contribution in [2.45, 2.75) is 31.8 Å². The van der Waals surface area contributed by atoms with Gasteiger partial charge in [-0.2, -0.15) is 0 Å². The van der Waals surface area contributed by atoms with Crippen molar-refractivity contribution in [1.82, 2.24) is 0 Å². The van der Waals surface area contributed by atoms with Gasteiger partial charge in [0.15, 0.2) is 0 Å². The first-order valence-electron chi connectivity index (χ1n) is 8.64. The molecule has 0 spiro atoms. The summed E-state index contributed by atoms with van der Waals surface area (Å²) in [5.74, 6) is -0.264. The third-order valence-electron chi connectivity index (χ3n) is 5.47. The molecule has 3 N–H and O–H groups in total. The lowest BCUT2D eigenvalue weighted by Gasteiger charge is -2.51. The summed E-state index contributed by atoms with van der Waals surface area (Å²) in [6, 6.07) is 7.95. The standard InChI is InChI=1S/C19H24ClNO3.H2O/c20-17-5-2-14(3-6-17)1-4-16-12-21(9-7-15(16)8-10-21)13-18(22)11-19(23)24;/h2-6,15,18,22H,1,7-13H2;1H2. The molecule has 5 nitrogen and oxygen atoms in total. The van der Waals surface area contributed by atoms with Gasteiger partial charge in [0.1, 0.15) is 19.2 Å². The average Bonchev–Trinajstić information content (AvgIpc) is 2.54. The lowest BCUT2D eigenvalue weighted by Crippen LogP contribution is -2.61. The van der Waals surface area contributed by atoms with Crippen molar-refractivity contribution in [3.05, 3.63) is 46.5 Å². The molecule has 6 heteroatoms. The van der Waals surface area contributed by atoms with Crippen LogP contribution >= 0.6 is 11.6 Å². The summed E-state index contributed by atoms with van der Waals surface area (Å²) in [4.78, 5) is 10.8. The van der Waals surface area contributed by atoms with E-state index in [-0.39, 0.29) is 11.9 Å². The van der Waals surface area contributed by atoms with Crippen LogP contribution in [0.4, 0.5) is 0 Å². The summed E-state index contributed by atoms with van der Waals surface area (Å²) in [5.41, 5.74) is 2.73. The van der Waals surface area contributed by atoms with Gasteiger partial charge in [0.25, 0.3) is 0 Å². The number of aliphatic hydroxyl groups excluding tert-OH is 1. The van der Waals surface area contributed by atoms with Gasteiger partial charge in [-0.15, -0.1) is 0 Å². The molecule has 0 radical (unpaired) electrons. The number of carbonyl (C=O) groups is 1. The smallest absolute Gasteiger partial charge is 0.306 e. The number of allylic oxidation sites excluding steroid dienone is 1. The van der Waals surface area contributed by atoms with Crippen molar-refractivity contribution in [2.75, 3.05) is 26.2 Å². The number of hydrogen-bond donors (Lipinski definition) is 2. The molecule has 1 atom stereocenters. The van der Waals surface area contributed by atoms with E-state index in [1.54, 1.807) is 0 Å². The van der Waals surface area contributed by atoms with E-state index in [1.807, 2.05) is 12.1 Å². The molecule has 138 valence electrons. The molecule has 3 aliphatic rings. The van der Waals surface area contributed by atoms with Crippen molar-refractivity contribution >= 4 is 17.6 Å². The van der Waals surface area contributed by atoms with Crippen LogP contribution in [0.5, 0.6) is 0 Å². The Morgan fingerprint density at radius 1 is 1.28 bits per heavy atom. The third kappa shape index (κ3) is 5.05. The number of quaternary nitrogens is 1. The van der Waals surface area contributed by atoms with Gasteiger partial charge < -0.3 is 20.2 Å². The van der Waals surface area contributed by atoms with Gasteiger partial charge in [-0.1, -0.05) is 29.8 Å². The number of aliphatic hydroxyl groups is 1. The normalized spacial score (nSPS) is 27.8. The van der Waals surface area contributed by atoms with Gasteiger partial charge in [0.2, 0.25) is 0 Å². The highest BCUT2D eigenvalue weighted by Crippen LogP contribution is 2.38. The summed E-state index contributed by atoms with van der Waals surface area (Å²) >= 11 is 5.93. The fourth-order valence-corrected chi connectivity index (χ4v) is 4.35. The first-order chi connectivity index (χ1) is 11.5. The topological polar surface area (TPSA) is 87.5 Å². The molecule has 4 rings (SSSR count). The van der Waals surface area contributed by atoms with E-state index in [0.29, 0.717) is 12.5 Å². The van der Waals surface area contributed by atoms with Crippen LogP contribution in [0.1, 0.15) is 24.8 Å². The average molecular weight is 368 g/mol. The number of carboxylic acids is 1. The Balaban J connectivity index is 0.00000225. The quantitative estimate of drug-likeness (QED) is 0.597. The molecule has 0 amide bonds. The van der Waals surface area contributed by atoms with Gasteiger partial charge in [-0.25, -0.2) is 0 Å². The van der Waals surface area contributed by atoms with E-state index in [9.17, 15) is 9.90 Å². The summed E-state index contributed by atoms with van der Waals surface area (Å²) in [6.45, 7) is 3.62. The minimum Gasteiger partial charge on any atom is -0.870 e. The second kappa shape index (κ2) is 8.32. The van der Waals surface area contributed by atoms with Gasteiger partial charge in [-0.3, -0.25) is 4.79 Å². The minimum absolute atomic E-state index is 0. The fraction of sp³-hybridized carbons (Fsp3) is 0.526. The number of piperidine rings is 3. The number of nitrogens with zero attached hydrogens (tertiary/aromatic N) is 1. The number of halogens is 1. The molecular formula is C19H26ClNO4. The Labute approximate surface area is 153 Å². The zero-order valence-corrected chi connectivity index (χ0v) is 15.0. The molecule has 1 aromatic carbocycles. The van der Waals surface area contributed by atoms with Crippen LogP contribution in [0.15, 0.2) is 35.9 Å². The molecule has 25 heavy (non-hydrogen) atoms. The molecule has 2 bridgehead atoms. The summed E-state index contributed by atoms with van der Waals surface area (Å²) in [5, 5.41) is 19.7. The van der Waals surface area contributed by atoms with E-state index in [1.165, 1.54) is 11.1 Å². The molecule has 3 fully saturated rings. The maximum atomic E-state index is 10.8. The minimum atomic E-state index is -0.925. The fourth-order valence-electron chi connectivity index (χ4n) is 4.22. The van der Waals surface area contributed by atoms with Crippen LogP contribution in [-0.2, 0) is 11.2 Å². The number of hydrogen-bond acceptors (Lipinski definition) is 3. The van der Waals surface area contributed by atoms with Crippen molar-refractivity contribution in [3.8, 4) is 0 Å². The number of aliphatic carboxylic acids is 1. The van der Waals surface area contributed by atoms with Crippen LogP contribution < -0.4 is 0 Å². The maximum absolute atomic E-state index is 10.8. The first-order valence-corrected chi connectivity index (χ1v) is 9.02. The van der Waals surface area contributed by atoms with Crippen LogP contribution in [0.3, 0.4) is 0 Å². The van der Waals surface area contributed by atoms with E-state index in [0.717, 1.165) is 48.4 Å². The molecular weight excluding hydrogens is 342 g/mol. The van der Waals surface area contributed by atoms with Crippen LogP contribution in [0.25, 0.3) is 0 Å². The molecule has 3 heterocycles. The van der Waals surface area contributed by atoms with E-state index < -0.39 is 12.1 Å². The second-order valence-electron chi connectivity index (χ2n) is 7.27. The van der Waals surface area contributed by atoms with Gasteiger partial charge in [-0.05, 0) is 35.6 Å². The Morgan fingerprint density at radius 3 is 2.52 bits per heavy atom. The van der Waals surface area contributed by atoms with E-state index in [2.05, 4.69) is 18.2 Å². The first kappa shape index (κ1) is 19.9. The lowest BCUT2D eigenvalue weighted by molar-refractivity contribution is -0.938. The van der Waals surface area contributed by atoms with Crippen molar-refractivity contribution < 1.29 is 25.0 Å². The van der Waals surface area contributed by atoms with Gasteiger partial charge in [0.05, 0.1) is 19.5 Å². The highest BCUT2D eigenvalue weighted by molar-refractivity contribution is 6.30. The number of fused-ring (bicyclic) bond motifs is 3. The molecule has 1 unspecified atom stereocenters. The molecule has 3 saturated heterocycles. The molecule has 0 saturated carbocycles. The lowest BCUT2D eigenvalue weighted by atomic mass is 9.80. The molecule has 0 aromatic heterocycles. The second-order valence-corrected chi connectivity index (χ2v) is 7.70. The Morgan fingerprint density at radius 2 is 1.92 bits per heavy atom. The molecule has 1 aromatic rings. The third-order valence-corrected chi connectivity index (χ3v) is 5.72. The van der Waals surface area contributed by atoms with Crippen LogP contribution in [0, 0.1) is 5.92 Å². The van der Waals surface area contributed by atoms with Gasteiger partial charge >= 0.3 is 5.97 Å². The zero-order chi connectivity index (χ0) is 17.2. The van der Waals surface area contributed by atoms with Crippen molar-refractivity contribution in [1.29, 1.82) is 0 Å². The summed E-state index contributed by atoms with van der Waals surface area (Å²) in [6.07, 6.45) is 4.62. The Kier molecular flexibility index (Phi) is 6.63. The summed E-state index contributed by atoms with van der Waals surface area (Å²) in [7, 11) is 0. The molecule has 0 aliphatic carbocycles. The zero-order valence-electron chi connectivity index (χ0n) is 14.3. The SMILES string of the molecule is O=C(O)CC(O)C[N+]12CCC(CC1)C(=CCc1ccc(Cl)cc1)C2.[OH-]. The Bertz CT molecular complexity index is 621.